The zero-order valence-corrected chi connectivity index (χ0v) is 31.5. The van der Waals surface area contributed by atoms with Crippen LogP contribution >= 0.6 is 0 Å². The van der Waals surface area contributed by atoms with Crippen LogP contribution in [0.3, 0.4) is 0 Å². The van der Waals surface area contributed by atoms with Gasteiger partial charge in [-0.25, -0.2) is 4.79 Å². The van der Waals surface area contributed by atoms with Gasteiger partial charge in [-0.1, -0.05) is 13.8 Å². The summed E-state index contributed by atoms with van der Waals surface area (Å²) in [6.45, 7) is 0.813. The highest BCUT2D eigenvalue weighted by Gasteiger charge is 2.35. The van der Waals surface area contributed by atoms with E-state index in [4.69, 9.17) is 15.9 Å². The number of imide groups is 1. The van der Waals surface area contributed by atoms with Crippen molar-refractivity contribution in [3.63, 3.8) is 0 Å². The molecular weight excluding hydrogens is 750 g/mol. The number of nitrogens with two attached hydrogens (primary N) is 1. The summed E-state index contributed by atoms with van der Waals surface area (Å²) in [4.78, 5) is 137. The van der Waals surface area contributed by atoms with Crippen molar-refractivity contribution >= 4 is 65.2 Å². The van der Waals surface area contributed by atoms with Crippen LogP contribution < -0.4 is 43.0 Å². The summed E-state index contributed by atoms with van der Waals surface area (Å²) in [5.41, 5.74) is 5.73. The van der Waals surface area contributed by atoms with E-state index in [1.807, 2.05) is 0 Å². The molecule has 13 N–H and O–H groups in total. The van der Waals surface area contributed by atoms with E-state index in [2.05, 4.69) is 37.2 Å². The molecule has 24 heteroatoms. The van der Waals surface area contributed by atoms with Gasteiger partial charge in [0.15, 0.2) is 0 Å². The third-order valence-corrected chi connectivity index (χ3v) is 8.09. The highest BCUT2D eigenvalue weighted by atomic mass is 16.4. The number of amides is 7. The van der Waals surface area contributed by atoms with Gasteiger partial charge in [0.25, 0.3) is 0 Å². The highest BCUT2D eigenvalue weighted by molar-refractivity contribution is 6.01. The van der Waals surface area contributed by atoms with Gasteiger partial charge < -0.3 is 63.4 Å². The lowest BCUT2D eigenvalue weighted by atomic mass is 10.1. The first-order valence-corrected chi connectivity index (χ1v) is 17.5. The Morgan fingerprint density at radius 3 is 1.25 bits per heavy atom. The molecule has 0 aliphatic rings. The summed E-state index contributed by atoms with van der Waals surface area (Å²) in [6, 6.07) is -9.10. The Balaban J connectivity index is 6.41. The van der Waals surface area contributed by atoms with E-state index in [0.717, 1.165) is 0 Å². The predicted molar refractivity (Wildman–Crippen MR) is 191 cm³/mol. The minimum Gasteiger partial charge on any atom is -0.481 e. The van der Waals surface area contributed by atoms with Crippen LogP contribution in [0.4, 0.5) is 0 Å². The second-order valence-corrected chi connectivity index (χ2v) is 12.1. The van der Waals surface area contributed by atoms with Crippen molar-refractivity contribution < 1.29 is 73.2 Å². The molecule has 0 heterocycles. The molecule has 7 amide bonds. The number of carbonyl (C=O) groups excluding carboxylic acids is 7. The number of hydrogen-bond donors (Lipinski definition) is 12. The summed E-state index contributed by atoms with van der Waals surface area (Å²) in [7, 11) is 2.66. The standard InChI is InChI=1S/C32H53N9O15/c1-5-22(42)41(23(43)6-2)21(13-33)31(54)37-14-19(39-28(51)16(34-3)7-10-24(44)45)30(53)38-18(9-12-26(48)49)27(50)36-15-20(32(55)56)40-29(52)17(35-4)8-11-25(46)47/h16-21,34-35H,5-15,33H2,1-4H3,(H,36,50)(H,37,54)(H,38,53)(H,39,51)(H,40,52)(H,44,45)(H,46,47)(H,48,49)(H,55,56)/t16-,17-,18?,19?,20?,21-/m0/s1. The highest BCUT2D eigenvalue weighted by Crippen LogP contribution is 2.07. The first-order chi connectivity index (χ1) is 26.3. The third-order valence-electron chi connectivity index (χ3n) is 8.09. The van der Waals surface area contributed by atoms with Gasteiger partial charge in [-0.3, -0.25) is 52.8 Å². The second kappa shape index (κ2) is 26.1. The van der Waals surface area contributed by atoms with E-state index in [1.54, 1.807) is 0 Å². The normalized spacial score (nSPS) is 13.9. The quantitative estimate of drug-likeness (QED) is 0.0352. The Morgan fingerprint density at radius 2 is 0.875 bits per heavy atom. The van der Waals surface area contributed by atoms with Gasteiger partial charge in [-0.2, -0.15) is 0 Å². The molecule has 0 aromatic rings. The lowest BCUT2D eigenvalue weighted by molar-refractivity contribution is -0.151. The topological polar surface area (TPSA) is 382 Å². The number of rotatable bonds is 28. The number of carboxylic acids is 4. The zero-order valence-electron chi connectivity index (χ0n) is 31.5. The predicted octanol–water partition coefficient (Wildman–Crippen LogP) is -4.97. The number of carbonyl (C=O) groups is 11. The molecule has 0 aromatic heterocycles. The maximum absolute atomic E-state index is 13.7. The fraction of sp³-hybridized carbons (Fsp3) is 0.656. The summed E-state index contributed by atoms with van der Waals surface area (Å²) in [5, 5.41) is 53.2. The van der Waals surface area contributed by atoms with Gasteiger partial charge in [-0.05, 0) is 33.4 Å². The third kappa shape index (κ3) is 18.1. The number of aliphatic carboxylic acids is 4. The van der Waals surface area contributed by atoms with Crippen LogP contribution in [0.15, 0.2) is 0 Å². The van der Waals surface area contributed by atoms with E-state index in [9.17, 15) is 63.0 Å². The van der Waals surface area contributed by atoms with Crippen LogP contribution in [-0.2, 0) is 52.7 Å². The van der Waals surface area contributed by atoms with E-state index in [1.165, 1.54) is 27.9 Å². The Kier molecular flexibility index (Phi) is 23.4. The maximum Gasteiger partial charge on any atom is 0.328 e. The van der Waals surface area contributed by atoms with Crippen LogP contribution in [0.1, 0.15) is 65.2 Å². The monoisotopic (exact) mass is 803 g/mol. The first kappa shape index (κ1) is 50.2. The molecule has 56 heavy (non-hydrogen) atoms. The number of carboxylic acid groups (broad SMARTS) is 4. The Morgan fingerprint density at radius 1 is 0.518 bits per heavy atom. The molecule has 0 spiro atoms. The molecule has 24 nitrogen and oxygen atoms in total. The van der Waals surface area contributed by atoms with Crippen molar-refractivity contribution in [2.45, 2.75) is 101 Å². The largest absolute Gasteiger partial charge is 0.481 e. The molecule has 0 radical (unpaired) electrons. The molecule has 6 atom stereocenters. The smallest absolute Gasteiger partial charge is 0.328 e. The molecule has 0 aliphatic carbocycles. The second-order valence-electron chi connectivity index (χ2n) is 12.1. The minimum absolute atomic E-state index is 0.166. The molecule has 0 rings (SSSR count). The Hall–Kier alpha value is -5.75. The molecule has 0 bridgehead atoms. The van der Waals surface area contributed by atoms with Crippen molar-refractivity contribution in [2.24, 2.45) is 5.73 Å². The van der Waals surface area contributed by atoms with Crippen LogP contribution in [0.5, 0.6) is 0 Å². The number of nitrogens with zero attached hydrogens (tertiary/aromatic N) is 1. The van der Waals surface area contributed by atoms with Crippen molar-refractivity contribution in [3.05, 3.63) is 0 Å². The van der Waals surface area contributed by atoms with Crippen LogP contribution in [-0.4, -0.2) is 161 Å². The van der Waals surface area contributed by atoms with Crippen molar-refractivity contribution in [3.8, 4) is 0 Å². The fourth-order valence-electron chi connectivity index (χ4n) is 4.92. The molecule has 3 unspecified atom stereocenters. The number of hydrogen-bond acceptors (Lipinski definition) is 14. The molecule has 0 aromatic carbocycles. The van der Waals surface area contributed by atoms with Gasteiger partial charge in [0.05, 0.1) is 12.1 Å². The van der Waals surface area contributed by atoms with Gasteiger partial charge >= 0.3 is 23.9 Å². The zero-order chi connectivity index (χ0) is 43.1. The maximum atomic E-state index is 13.7. The summed E-state index contributed by atoms with van der Waals surface area (Å²) in [5.74, 6) is -12.1. The number of likely N-dealkylation sites (N-methyl/N-ethyl adjacent to an activating group) is 2. The average molecular weight is 804 g/mol. The Bertz CT molecular complexity index is 1430. The van der Waals surface area contributed by atoms with E-state index in [0.29, 0.717) is 4.90 Å². The van der Waals surface area contributed by atoms with Gasteiger partial charge in [0.2, 0.25) is 41.4 Å². The summed E-state index contributed by atoms with van der Waals surface area (Å²) < 4.78 is 0. The molecule has 316 valence electrons. The van der Waals surface area contributed by atoms with Gasteiger partial charge in [0.1, 0.15) is 24.2 Å². The van der Waals surface area contributed by atoms with Crippen LogP contribution in [0, 0.1) is 0 Å². The molecule has 0 saturated carbocycles. The molecular formula is C32H53N9O15. The Labute approximate surface area is 321 Å². The average Bonchev–Trinajstić information content (AvgIpc) is 3.14. The van der Waals surface area contributed by atoms with E-state index >= 15 is 0 Å². The molecule has 0 saturated heterocycles. The first-order valence-electron chi connectivity index (χ1n) is 17.5. The summed E-state index contributed by atoms with van der Waals surface area (Å²) >= 11 is 0. The fourth-order valence-corrected chi connectivity index (χ4v) is 4.92. The summed E-state index contributed by atoms with van der Waals surface area (Å²) in [6.07, 6.45) is -2.97. The van der Waals surface area contributed by atoms with Gasteiger partial charge in [-0.15, -0.1) is 0 Å². The van der Waals surface area contributed by atoms with Gasteiger partial charge in [0, 0.05) is 51.7 Å². The SMILES string of the molecule is CCC(=O)N(C(=O)CC)[C@@H](CN)C(=O)NCC(NC(=O)[C@H](CCC(=O)O)NC)C(=O)NC(CCC(=O)O)C(=O)NCC(NC(=O)[C@H](CCC(=O)O)NC)C(=O)O. The lowest BCUT2D eigenvalue weighted by Crippen LogP contribution is -2.61. The minimum atomic E-state index is -1.77. The van der Waals surface area contributed by atoms with E-state index in [-0.39, 0.29) is 25.7 Å². The van der Waals surface area contributed by atoms with Crippen molar-refractivity contribution in [1.29, 1.82) is 0 Å². The lowest BCUT2D eigenvalue weighted by Gasteiger charge is -2.29. The van der Waals surface area contributed by atoms with E-state index < -0.39 is 147 Å². The van der Waals surface area contributed by atoms with Crippen molar-refractivity contribution in [1.82, 2.24) is 42.1 Å². The van der Waals surface area contributed by atoms with Crippen LogP contribution in [0.2, 0.25) is 0 Å². The van der Waals surface area contributed by atoms with Crippen molar-refractivity contribution in [2.75, 3.05) is 33.7 Å². The molecule has 0 fully saturated rings. The van der Waals surface area contributed by atoms with Crippen LogP contribution in [0.25, 0.3) is 0 Å². The molecule has 0 aliphatic heterocycles. The number of nitrogens with one attached hydrogen (secondary N) is 7.